The molecule has 2 heterocycles. The Balaban J connectivity index is 2.25. The van der Waals surface area contributed by atoms with Crippen LogP contribution in [-0.2, 0) is 9.53 Å². The molecule has 5 heteroatoms. The van der Waals surface area contributed by atoms with E-state index < -0.39 is 5.41 Å². The van der Waals surface area contributed by atoms with Gasteiger partial charge in [-0.1, -0.05) is 0 Å². The second kappa shape index (κ2) is 6.81. The summed E-state index contributed by atoms with van der Waals surface area (Å²) >= 11 is 0. The molecule has 5 nitrogen and oxygen atoms in total. The van der Waals surface area contributed by atoms with Crippen LogP contribution in [0.1, 0.15) is 19.8 Å². The average Bonchev–Trinajstić information content (AvgIpc) is 2.50. The SMILES string of the molecule is CCN(C(=O)C1(COC)CCNCC1)c1ccncc1. The minimum Gasteiger partial charge on any atom is -0.384 e. The number of rotatable bonds is 5. The van der Waals surface area contributed by atoms with Crippen LogP contribution >= 0.6 is 0 Å². The van der Waals surface area contributed by atoms with E-state index in [2.05, 4.69) is 10.3 Å². The topological polar surface area (TPSA) is 54.5 Å². The Bertz CT molecular complexity index is 424. The maximum absolute atomic E-state index is 13.0. The van der Waals surface area contributed by atoms with Crippen molar-refractivity contribution in [3.05, 3.63) is 24.5 Å². The lowest BCUT2D eigenvalue weighted by Gasteiger charge is -2.39. The van der Waals surface area contributed by atoms with E-state index in [9.17, 15) is 4.79 Å². The van der Waals surface area contributed by atoms with E-state index in [1.807, 2.05) is 24.0 Å². The summed E-state index contributed by atoms with van der Waals surface area (Å²) in [6.07, 6.45) is 5.08. The molecular formula is C15H23N3O2. The first-order chi connectivity index (χ1) is 9.73. The number of methoxy groups -OCH3 is 1. The van der Waals surface area contributed by atoms with Gasteiger partial charge in [0.2, 0.25) is 5.91 Å². The lowest BCUT2D eigenvalue weighted by molar-refractivity contribution is -0.133. The van der Waals surface area contributed by atoms with E-state index in [-0.39, 0.29) is 5.91 Å². The van der Waals surface area contributed by atoms with Crippen molar-refractivity contribution in [3.63, 3.8) is 0 Å². The molecule has 2 rings (SSSR count). The van der Waals surface area contributed by atoms with Gasteiger partial charge < -0.3 is 15.0 Å². The summed E-state index contributed by atoms with van der Waals surface area (Å²) in [5.41, 5.74) is 0.501. The molecule has 0 aliphatic carbocycles. The largest absolute Gasteiger partial charge is 0.384 e. The third kappa shape index (κ3) is 2.99. The first-order valence-electron chi connectivity index (χ1n) is 7.15. The maximum atomic E-state index is 13.0. The highest BCUT2D eigenvalue weighted by Gasteiger charge is 2.42. The standard InChI is InChI=1S/C15H23N3O2/c1-3-18(13-4-8-16-9-5-13)14(19)15(12-20-2)6-10-17-11-7-15/h4-5,8-9,17H,3,6-7,10-12H2,1-2H3. The van der Waals surface area contributed by atoms with Gasteiger partial charge in [-0.25, -0.2) is 0 Å². The molecule has 20 heavy (non-hydrogen) atoms. The fourth-order valence-electron chi connectivity index (χ4n) is 2.86. The van der Waals surface area contributed by atoms with Gasteiger partial charge in [-0.05, 0) is 45.0 Å². The van der Waals surface area contributed by atoms with Gasteiger partial charge in [0.15, 0.2) is 0 Å². The van der Waals surface area contributed by atoms with E-state index in [4.69, 9.17) is 4.74 Å². The monoisotopic (exact) mass is 277 g/mol. The van der Waals surface area contributed by atoms with Gasteiger partial charge in [0.25, 0.3) is 0 Å². The van der Waals surface area contributed by atoms with E-state index in [0.29, 0.717) is 13.2 Å². The number of nitrogens with zero attached hydrogens (tertiary/aromatic N) is 2. The number of hydrogen-bond donors (Lipinski definition) is 1. The highest BCUT2D eigenvalue weighted by atomic mass is 16.5. The average molecular weight is 277 g/mol. The number of carbonyl (C=O) groups excluding carboxylic acids is 1. The maximum Gasteiger partial charge on any atom is 0.235 e. The van der Waals surface area contributed by atoms with Crippen LogP contribution in [0.15, 0.2) is 24.5 Å². The third-order valence-corrected chi connectivity index (χ3v) is 3.97. The number of amides is 1. The Morgan fingerprint density at radius 2 is 2.05 bits per heavy atom. The molecule has 0 aromatic carbocycles. The van der Waals surface area contributed by atoms with Gasteiger partial charge >= 0.3 is 0 Å². The fourth-order valence-corrected chi connectivity index (χ4v) is 2.86. The number of carbonyl (C=O) groups is 1. The highest BCUT2D eigenvalue weighted by molar-refractivity contribution is 5.97. The molecule has 0 saturated carbocycles. The highest BCUT2D eigenvalue weighted by Crippen LogP contribution is 2.33. The smallest absolute Gasteiger partial charge is 0.235 e. The summed E-state index contributed by atoms with van der Waals surface area (Å²) in [4.78, 5) is 18.9. The molecular weight excluding hydrogens is 254 g/mol. The number of anilines is 1. The minimum atomic E-state index is -0.403. The van der Waals surface area contributed by atoms with E-state index in [0.717, 1.165) is 31.6 Å². The second-order valence-electron chi connectivity index (χ2n) is 5.22. The Hall–Kier alpha value is -1.46. The summed E-state index contributed by atoms with van der Waals surface area (Å²) < 4.78 is 5.35. The zero-order valence-corrected chi connectivity index (χ0v) is 12.3. The lowest BCUT2D eigenvalue weighted by atomic mass is 9.78. The molecule has 1 amide bonds. The summed E-state index contributed by atoms with van der Waals surface area (Å²) in [5, 5.41) is 3.31. The van der Waals surface area contributed by atoms with Crippen LogP contribution in [-0.4, -0.2) is 44.2 Å². The van der Waals surface area contributed by atoms with Gasteiger partial charge in [-0.3, -0.25) is 9.78 Å². The number of piperidine rings is 1. The van der Waals surface area contributed by atoms with E-state index in [1.165, 1.54) is 0 Å². The number of aromatic nitrogens is 1. The molecule has 1 saturated heterocycles. The minimum absolute atomic E-state index is 0.162. The number of hydrogen-bond acceptors (Lipinski definition) is 4. The van der Waals surface area contributed by atoms with Gasteiger partial charge in [-0.15, -0.1) is 0 Å². The molecule has 0 spiro atoms. The molecule has 110 valence electrons. The van der Waals surface area contributed by atoms with Crippen molar-refractivity contribution in [3.8, 4) is 0 Å². The molecule has 1 N–H and O–H groups in total. The fraction of sp³-hybridized carbons (Fsp3) is 0.600. The molecule has 1 aromatic heterocycles. The van der Waals surface area contributed by atoms with Crippen molar-refractivity contribution in [2.24, 2.45) is 5.41 Å². The van der Waals surface area contributed by atoms with Crippen LogP contribution in [0.4, 0.5) is 5.69 Å². The molecule has 0 radical (unpaired) electrons. The van der Waals surface area contributed by atoms with Crippen molar-refractivity contribution in [1.29, 1.82) is 0 Å². The quantitative estimate of drug-likeness (QED) is 0.885. The van der Waals surface area contributed by atoms with E-state index >= 15 is 0 Å². The Labute approximate surface area is 120 Å². The van der Waals surface area contributed by atoms with Crippen LogP contribution in [0.5, 0.6) is 0 Å². The first-order valence-corrected chi connectivity index (χ1v) is 7.15. The summed E-state index contributed by atoms with van der Waals surface area (Å²) in [7, 11) is 1.67. The second-order valence-corrected chi connectivity index (χ2v) is 5.22. The van der Waals surface area contributed by atoms with Crippen molar-refractivity contribution < 1.29 is 9.53 Å². The number of nitrogens with one attached hydrogen (secondary N) is 1. The van der Waals surface area contributed by atoms with Gasteiger partial charge in [0.05, 0.1) is 12.0 Å². The van der Waals surface area contributed by atoms with E-state index in [1.54, 1.807) is 19.5 Å². The Morgan fingerprint density at radius 3 is 2.60 bits per heavy atom. The molecule has 1 aliphatic rings. The Morgan fingerprint density at radius 1 is 1.40 bits per heavy atom. The lowest BCUT2D eigenvalue weighted by Crippen LogP contribution is -2.51. The summed E-state index contributed by atoms with van der Waals surface area (Å²) in [6.45, 7) is 4.86. The number of pyridine rings is 1. The molecule has 1 fully saturated rings. The van der Waals surface area contributed by atoms with Gasteiger partial charge in [-0.2, -0.15) is 0 Å². The van der Waals surface area contributed by atoms with Crippen LogP contribution in [0.25, 0.3) is 0 Å². The summed E-state index contributed by atoms with van der Waals surface area (Å²) in [6, 6.07) is 3.76. The van der Waals surface area contributed by atoms with Crippen molar-refractivity contribution in [1.82, 2.24) is 10.3 Å². The molecule has 0 bridgehead atoms. The first kappa shape index (κ1) is 14.9. The van der Waals surface area contributed by atoms with Gasteiger partial charge in [0.1, 0.15) is 0 Å². The van der Waals surface area contributed by atoms with Crippen molar-refractivity contribution >= 4 is 11.6 Å². The molecule has 1 aromatic rings. The molecule has 1 aliphatic heterocycles. The Kier molecular flexibility index (Phi) is 5.09. The van der Waals surface area contributed by atoms with Gasteiger partial charge in [0, 0.05) is 31.7 Å². The third-order valence-electron chi connectivity index (χ3n) is 3.97. The van der Waals surface area contributed by atoms with Crippen LogP contribution in [0.3, 0.4) is 0 Å². The normalized spacial score (nSPS) is 17.7. The van der Waals surface area contributed by atoms with Crippen LogP contribution in [0, 0.1) is 5.41 Å². The van der Waals surface area contributed by atoms with Crippen molar-refractivity contribution in [2.75, 3.05) is 38.3 Å². The van der Waals surface area contributed by atoms with Crippen molar-refractivity contribution in [2.45, 2.75) is 19.8 Å². The zero-order chi connectivity index (χ0) is 14.4. The van der Waals surface area contributed by atoms with Crippen LogP contribution in [0.2, 0.25) is 0 Å². The predicted octanol–water partition coefficient (Wildman–Crippen LogP) is 1.45. The van der Waals surface area contributed by atoms with Crippen LogP contribution < -0.4 is 10.2 Å². The predicted molar refractivity (Wildman–Crippen MR) is 78.7 cm³/mol. The molecule has 0 atom stereocenters. The summed E-state index contributed by atoms with van der Waals surface area (Å²) in [5.74, 6) is 0.162. The molecule has 0 unspecified atom stereocenters. The zero-order valence-electron chi connectivity index (χ0n) is 12.3. The number of ether oxygens (including phenoxy) is 1.